The number of amides is 1. The van der Waals surface area contributed by atoms with Crippen LogP contribution in [0, 0.1) is 12.8 Å². The number of aliphatic hydroxyl groups is 1. The minimum Gasteiger partial charge on any atom is -0.493 e. The minimum atomic E-state index is -0.671. The normalized spacial score (nSPS) is 21.7. The fraction of sp³-hybridized carbons (Fsp3) is 0.588. The molecule has 1 aromatic carbocycles. The van der Waals surface area contributed by atoms with E-state index in [-0.39, 0.29) is 24.5 Å². The molecule has 1 aliphatic carbocycles. The number of methoxy groups -OCH3 is 1. The van der Waals surface area contributed by atoms with E-state index in [9.17, 15) is 9.90 Å². The van der Waals surface area contributed by atoms with Crippen molar-refractivity contribution in [1.82, 2.24) is 5.32 Å². The summed E-state index contributed by atoms with van der Waals surface area (Å²) in [7, 11) is 1.57. The van der Waals surface area contributed by atoms with Gasteiger partial charge >= 0.3 is 0 Å². The molecule has 2 unspecified atom stereocenters. The van der Waals surface area contributed by atoms with Crippen LogP contribution in [0.1, 0.15) is 48.1 Å². The van der Waals surface area contributed by atoms with E-state index in [1.807, 2.05) is 19.1 Å². The van der Waals surface area contributed by atoms with Crippen LogP contribution in [-0.4, -0.2) is 31.3 Å². The Labute approximate surface area is 130 Å². The van der Waals surface area contributed by atoms with Crippen molar-refractivity contribution in [1.29, 1.82) is 0 Å². The number of carbonyl (C=O) groups excluding carboxylic acids is 1. The molecule has 1 saturated carbocycles. The lowest BCUT2D eigenvalue weighted by Gasteiger charge is -2.29. The number of rotatable bonds is 5. The van der Waals surface area contributed by atoms with Gasteiger partial charge < -0.3 is 19.9 Å². The zero-order valence-corrected chi connectivity index (χ0v) is 13.1. The minimum absolute atomic E-state index is 0.0368. The second-order valence-corrected chi connectivity index (χ2v) is 6.20. The van der Waals surface area contributed by atoms with Crippen LogP contribution in [0.5, 0.6) is 5.75 Å². The molecule has 1 aliphatic heterocycles. The maximum atomic E-state index is 12.1. The van der Waals surface area contributed by atoms with Crippen molar-refractivity contribution >= 4 is 5.91 Å². The standard InChI is InChI=1S/C17H23NO4/c1-10-7-12(15(19)9-21-2)8-13-14(5-6-22-16(10)13)18-17(20)11-3-4-11/h7-8,11,14-15,19H,3-6,9H2,1-2H3,(H,18,20). The molecule has 2 atom stereocenters. The monoisotopic (exact) mass is 305 g/mol. The van der Waals surface area contributed by atoms with Crippen molar-refractivity contribution in [3.05, 3.63) is 28.8 Å². The van der Waals surface area contributed by atoms with Crippen LogP contribution in [0.4, 0.5) is 0 Å². The molecule has 1 amide bonds. The van der Waals surface area contributed by atoms with Gasteiger partial charge in [0.05, 0.1) is 19.3 Å². The number of carbonyl (C=O) groups is 1. The van der Waals surface area contributed by atoms with Crippen molar-refractivity contribution in [2.75, 3.05) is 20.3 Å². The topological polar surface area (TPSA) is 67.8 Å². The Morgan fingerprint density at radius 2 is 2.23 bits per heavy atom. The summed E-state index contributed by atoms with van der Waals surface area (Å²) in [6.07, 6.45) is 2.08. The Bertz CT molecular complexity index is 568. The Morgan fingerprint density at radius 3 is 2.91 bits per heavy atom. The predicted molar refractivity (Wildman–Crippen MR) is 81.7 cm³/mol. The first kappa shape index (κ1) is 15.3. The van der Waals surface area contributed by atoms with E-state index >= 15 is 0 Å². The second-order valence-electron chi connectivity index (χ2n) is 6.20. The number of nitrogens with one attached hydrogen (secondary N) is 1. The van der Waals surface area contributed by atoms with Crippen LogP contribution in [-0.2, 0) is 9.53 Å². The molecule has 5 nitrogen and oxygen atoms in total. The fourth-order valence-corrected chi connectivity index (χ4v) is 2.95. The molecule has 2 N–H and O–H groups in total. The Balaban J connectivity index is 1.87. The zero-order chi connectivity index (χ0) is 15.7. The van der Waals surface area contributed by atoms with Crippen molar-refractivity contribution in [3.63, 3.8) is 0 Å². The van der Waals surface area contributed by atoms with Gasteiger partial charge in [-0.05, 0) is 43.0 Å². The van der Waals surface area contributed by atoms with Crippen molar-refractivity contribution in [2.45, 2.75) is 38.3 Å². The van der Waals surface area contributed by atoms with E-state index in [2.05, 4.69) is 5.32 Å². The molecule has 5 heteroatoms. The average Bonchev–Trinajstić information content (AvgIpc) is 3.33. The summed E-state index contributed by atoms with van der Waals surface area (Å²) in [6.45, 7) is 2.81. The third-order valence-electron chi connectivity index (χ3n) is 4.33. The molecule has 0 radical (unpaired) electrons. The summed E-state index contributed by atoms with van der Waals surface area (Å²) in [6, 6.07) is 3.82. The van der Waals surface area contributed by atoms with Crippen LogP contribution in [0.25, 0.3) is 0 Å². The van der Waals surface area contributed by atoms with Crippen LogP contribution in [0.3, 0.4) is 0 Å². The summed E-state index contributed by atoms with van der Waals surface area (Å²) < 4.78 is 10.8. The van der Waals surface area contributed by atoms with Gasteiger partial charge in [-0.2, -0.15) is 0 Å². The van der Waals surface area contributed by atoms with Crippen molar-refractivity contribution in [3.8, 4) is 5.75 Å². The molecular weight excluding hydrogens is 282 g/mol. The number of hydrogen-bond acceptors (Lipinski definition) is 4. The molecule has 0 spiro atoms. The third-order valence-corrected chi connectivity index (χ3v) is 4.33. The second kappa shape index (κ2) is 6.26. The molecule has 0 bridgehead atoms. The van der Waals surface area contributed by atoms with Gasteiger partial charge in [0.15, 0.2) is 0 Å². The van der Waals surface area contributed by atoms with Gasteiger partial charge in [0.25, 0.3) is 0 Å². The van der Waals surface area contributed by atoms with E-state index in [0.29, 0.717) is 6.61 Å². The lowest BCUT2D eigenvalue weighted by atomic mass is 9.93. The van der Waals surface area contributed by atoms with Gasteiger partial charge in [-0.25, -0.2) is 0 Å². The van der Waals surface area contributed by atoms with Crippen LogP contribution in [0.2, 0.25) is 0 Å². The first-order valence-electron chi connectivity index (χ1n) is 7.84. The summed E-state index contributed by atoms with van der Waals surface area (Å²) in [4.78, 5) is 12.1. The molecular formula is C17H23NO4. The Hall–Kier alpha value is -1.59. The smallest absolute Gasteiger partial charge is 0.223 e. The van der Waals surface area contributed by atoms with Crippen LogP contribution >= 0.6 is 0 Å². The van der Waals surface area contributed by atoms with Crippen molar-refractivity contribution in [2.24, 2.45) is 5.92 Å². The number of ether oxygens (including phenoxy) is 2. The molecule has 3 rings (SSSR count). The zero-order valence-electron chi connectivity index (χ0n) is 13.1. The number of fused-ring (bicyclic) bond motifs is 1. The molecule has 1 aromatic rings. The van der Waals surface area contributed by atoms with E-state index in [0.717, 1.165) is 41.7 Å². The predicted octanol–water partition coefficient (Wildman–Crippen LogP) is 2.02. The number of benzene rings is 1. The number of aryl methyl sites for hydroxylation is 1. The largest absolute Gasteiger partial charge is 0.493 e. The summed E-state index contributed by atoms with van der Waals surface area (Å²) in [5.41, 5.74) is 2.74. The van der Waals surface area contributed by atoms with Gasteiger partial charge in [0.1, 0.15) is 11.9 Å². The summed E-state index contributed by atoms with van der Waals surface area (Å²) >= 11 is 0. The van der Waals surface area contributed by atoms with Crippen LogP contribution in [0.15, 0.2) is 12.1 Å². The highest BCUT2D eigenvalue weighted by molar-refractivity contribution is 5.81. The first-order valence-corrected chi connectivity index (χ1v) is 7.84. The quantitative estimate of drug-likeness (QED) is 0.873. The summed E-state index contributed by atoms with van der Waals surface area (Å²) in [5.74, 6) is 1.16. The molecule has 22 heavy (non-hydrogen) atoms. The van der Waals surface area contributed by atoms with Gasteiger partial charge in [-0.15, -0.1) is 0 Å². The first-order chi connectivity index (χ1) is 10.6. The maximum Gasteiger partial charge on any atom is 0.223 e. The van der Waals surface area contributed by atoms with Gasteiger partial charge in [0, 0.05) is 25.0 Å². The maximum absolute atomic E-state index is 12.1. The van der Waals surface area contributed by atoms with Gasteiger partial charge in [0.2, 0.25) is 5.91 Å². The van der Waals surface area contributed by atoms with Gasteiger partial charge in [-0.3, -0.25) is 4.79 Å². The van der Waals surface area contributed by atoms with E-state index in [1.54, 1.807) is 7.11 Å². The lowest BCUT2D eigenvalue weighted by Crippen LogP contribution is -2.33. The Morgan fingerprint density at radius 1 is 1.45 bits per heavy atom. The molecule has 1 heterocycles. The molecule has 2 aliphatic rings. The molecule has 1 fully saturated rings. The lowest BCUT2D eigenvalue weighted by molar-refractivity contribution is -0.123. The highest BCUT2D eigenvalue weighted by Crippen LogP contribution is 2.38. The third kappa shape index (κ3) is 3.10. The fourth-order valence-electron chi connectivity index (χ4n) is 2.95. The van der Waals surface area contributed by atoms with Crippen molar-refractivity contribution < 1.29 is 19.4 Å². The van der Waals surface area contributed by atoms with E-state index in [1.165, 1.54) is 0 Å². The average molecular weight is 305 g/mol. The molecule has 120 valence electrons. The van der Waals surface area contributed by atoms with Gasteiger partial charge in [-0.1, -0.05) is 0 Å². The van der Waals surface area contributed by atoms with Crippen LogP contribution < -0.4 is 10.1 Å². The van der Waals surface area contributed by atoms with E-state index in [4.69, 9.17) is 9.47 Å². The van der Waals surface area contributed by atoms with E-state index < -0.39 is 6.10 Å². The SMILES string of the molecule is COCC(O)c1cc(C)c2c(c1)C(NC(=O)C1CC1)CCO2. The highest BCUT2D eigenvalue weighted by atomic mass is 16.5. The molecule has 0 saturated heterocycles. The summed E-state index contributed by atoms with van der Waals surface area (Å²) in [5, 5.41) is 13.3. The number of aliphatic hydroxyl groups excluding tert-OH is 1. The highest BCUT2D eigenvalue weighted by Gasteiger charge is 2.33. The number of hydrogen-bond donors (Lipinski definition) is 2. The Kier molecular flexibility index (Phi) is 4.36. The molecule has 0 aromatic heterocycles.